The highest BCUT2D eigenvalue weighted by Crippen LogP contribution is 2.54. The molecule has 12 nitrogen and oxygen atoms in total. The van der Waals surface area contributed by atoms with Crippen LogP contribution in [-0.4, -0.2) is 48.4 Å². The molecule has 4 aromatic heterocycles. The van der Waals surface area contributed by atoms with Gasteiger partial charge in [-0.1, -0.05) is 180 Å². The number of hydrogen-bond acceptors (Lipinski definition) is 12. The summed E-state index contributed by atoms with van der Waals surface area (Å²) in [4.78, 5) is 19.1. The van der Waals surface area contributed by atoms with E-state index in [0.29, 0.717) is 0 Å². The van der Waals surface area contributed by atoms with Gasteiger partial charge < -0.3 is 37.9 Å². The van der Waals surface area contributed by atoms with E-state index < -0.39 is 0 Å². The van der Waals surface area contributed by atoms with E-state index in [0.717, 1.165) is 242 Å². The van der Waals surface area contributed by atoms with Crippen molar-refractivity contribution in [1.82, 2.24) is 19.9 Å². The molecule has 0 fully saturated rings. The number of methoxy groups -OCH3 is 4. The fourth-order valence-electron chi connectivity index (χ4n) is 14.0. The summed E-state index contributed by atoms with van der Waals surface area (Å²) in [6.07, 6.45) is 32.8. The number of unbranched alkanes of at least 4 members (excludes halogenated alkanes) is 16. The van der Waals surface area contributed by atoms with Gasteiger partial charge in [-0.3, -0.25) is 19.9 Å². The van der Waals surface area contributed by atoms with Gasteiger partial charge in [-0.05, 0) is 98.5 Å². The zero-order valence-electron chi connectivity index (χ0n) is 59.0. The van der Waals surface area contributed by atoms with E-state index in [1.165, 1.54) is 25.7 Å². The molecule has 4 heterocycles. The van der Waals surface area contributed by atoms with Gasteiger partial charge in [-0.2, -0.15) is 0 Å². The molecular formula is C84H108N4O8. The lowest BCUT2D eigenvalue weighted by Crippen LogP contribution is -2.16. The van der Waals surface area contributed by atoms with Gasteiger partial charge in [-0.25, -0.2) is 0 Å². The largest absolute Gasteiger partial charge is 0.496 e. The Balaban J connectivity index is 1.43. The summed E-state index contributed by atoms with van der Waals surface area (Å²) >= 11 is 0. The molecule has 0 radical (unpaired) electrons. The van der Waals surface area contributed by atoms with Crippen LogP contribution in [0.3, 0.4) is 0 Å². The van der Waals surface area contributed by atoms with Crippen molar-refractivity contribution < 1.29 is 37.9 Å². The molecule has 4 unspecified atom stereocenters. The maximum Gasteiger partial charge on any atom is 0.130 e. The van der Waals surface area contributed by atoms with Gasteiger partial charge in [0.15, 0.2) is 0 Å². The Kier molecular flexibility index (Phi) is 29.5. The van der Waals surface area contributed by atoms with E-state index in [2.05, 4.69) is 76.2 Å². The highest BCUT2D eigenvalue weighted by Gasteiger charge is 2.35. The molecule has 8 bridgehead atoms. The van der Waals surface area contributed by atoms with E-state index in [-0.39, 0.29) is 50.1 Å². The molecule has 4 aromatic carbocycles. The van der Waals surface area contributed by atoms with Gasteiger partial charge in [0.25, 0.3) is 0 Å². The van der Waals surface area contributed by atoms with Crippen molar-refractivity contribution in [2.24, 2.45) is 0 Å². The van der Waals surface area contributed by atoms with Crippen LogP contribution in [0.2, 0.25) is 0 Å². The lowest BCUT2D eigenvalue weighted by Gasteiger charge is -2.32. The average Bonchev–Trinajstić information content (AvgIpc) is 0.757. The first-order valence-corrected chi connectivity index (χ1v) is 36.3. The molecule has 0 amide bonds. The lowest BCUT2D eigenvalue weighted by atomic mass is 9.76. The first-order chi connectivity index (χ1) is 47.3. The first-order valence-electron chi connectivity index (χ1n) is 36.3. The van der Waals surface area contributed by atoms with Crippen molar-refractivity contribution in [2.75, 3.05) is 28.4 Å². The average molecular weight is 1300 g/mol. The Morgan fingerprint density at radius 3 is 0.646 bits per heavy atom. The van der Waals surface area contributed by atoms with Crippen molar-refractivity contribution >= 4 is 0 Å². The number of fused-ring (bicyclic) bond motifs is 8. The molecule has 1 aliphatic carbocycles. The minimum absolute atomic E-state index is 0.222. The predicted octanol–water partition coefficient (Wildman–Crippen LogP) is 21.9. The van der Waals surface area contributed by atoms with Crippen molar-refractivity contribution in [3.05, 3.63) is 213 Å². The van der Waals surface area contributed by atoms with Gasteiger partial charge in [0.05, 0.1) is 51.2 Å². The fourth-order valence-corrected chi connectivity index (χ4v) is 14.0. The fraction of sp³-hybridized carbons (Fsp3) is 0.476. The highest BCUT2D eigenvalue weighted by atomic mass is 16.5. The van der Waals surface area contributed by atoms with Crippen LogP contribution in [0.5, 0.6) is 46.0 Å². The Hall–Kier alpha value is -8.12. The summed E-state index contributed by atoms with van der Waals surface area (Å²) in [5, 5.41) is 0. The molecule has 96 heavy (non-hydrogen) atoms. The van der Waals surface area contributed by atoms with Crippen LogP contribution in [0.1, 0.15) is 273 Å². The standard InChI is InChI=1S/C84H108N4O8/c1-9-13-17-21-25-41-65-69-49-74(82(53-77(69)89-5)94-58-62-38-30-34-46-86-62)67(43-27-23-19-15-11-3)71-51-76(84(55-79(71)91-7)96-60-64-40-32-36-48-88-64)68(44-28-24-20-16-12-4)72-52-75(83(56-80(72)92-8)95-59-63-39-31-35-47-87-63)66(42-26-22-18-14-10-2)70-50-73(65)81(54-78(70)90-6)93-57-61-37-29-33-45-85-61/h29-40,45-56,65-68H,9-28,41-44,57-60H2,1-8H3. The zero-order chi connectivity index (χ0) is 67.1. The van der Waals surface area contributed by atoms with E-state index >= 15 is 0 Å². The molecule has 0 spiro atoms. The molecule has 0 aliphatic heterocycles. The van der Waals surface area contributed by atoms with Crippen LogP contribution < -0.4 is 37.9 Å². The van der Waals surface area contributed by atoms with Crippen molar-refractivity contribution in [3.8, 4) is 46.0 Å². The number of pyridine rings is 4. The zero-order valence-corrected chi connectivity index (χ0v) is 59.0. The Morgan fingerprint density at radius 2 is 0.458 bits per heavy atom. The van der Waals surface area contributed by atoms with Gasteiger partial charge in [0.2, 0.25) is 0 Å². The molecule has 4 atom stereocenters. The number of benzene rings is 4. The maximum atomic E-state index is 7.23. The highest BCUT2D eigenvalue weighted by molar-refractivity contribution is 5.63. The molecule has 0 saturated heterocycles. The first kappa shape index (κ1) is 72.2. The van der Waals surface area contributed by atoms with Crippen LogP contribution in [-0.2, 0) is 26.4 Å². The second-order valence-corrected chi connectivity index (χ2v) is 26.0. The normalized spacial score (nSPS) is 15.0. The quantitative estimate of drug-likeness (QED) is 0.0340. The number of rotatable bonds is 40. The van der Waals surface area contributed by atoms with E-state index in [9.17, 15) is 0 Å². The summed E-state index contributed by atoms with van der Waals surface area (Å²) in [5.41, 5.74) is 11.8. The minimum Gasteiger partial charge on any atom is -0.496 e. The van der Waals surface area contributed by atoms with Crippen molar-refractivity contribution in [1.29, 1.82) is 0 Å². The third kappa shape index (κ3) is 20.0. The Morgan fingerprint density at radius 1 is 0.250 bits per heavy atom. The third-order valence-electron chi connectivity index (χ3n) is 19.2. The lowest BCUT2D eigenvalue weighted by molar-refractivity contribution is 0.289. The maximum absolute atomic E-state index is 7.23. The molecule has 0 saturated carbocycles. The number of ether oxygens (including phenoxy) is 8. The molecule has 512 valence electrons. The van der Waals surface area contributed by atoms with Crippen LogP contribution in [0.4, 0.5) is 0 Å². The van der Waals surface area contributed by atoms with Crippen LogP contribution in [0.25, 0.3) is 0 Å². The summed E-state index contributed by atoms with van der Waals surface area (Å²) < 4.78 is 56.0. The Bertz CT molecular complexity index is 3090. The third-order valence-corrected chi connectivity index (χ3v) is 19.2. The molecular weight excluding hydrogens is 1190 g/mol. The molecule has 12 heteroatoms. The van der Waals surface area contributed by atoms with Gasteiger partial charge in [0.1, 0.15) is 72.4 Å². The van der Waals surface area contributed by atoms with Crippen molar-refractivity contribution in [3.63, 3.8) is 0 Å². The van der Waals surface area contributed by atoms with E-state index in [1.54, 1.807) is 28.4 Å². The predicted molar refractivity (Wildman–Crippen MR) is 387 cm³/mol. The number of nitrogens with zero attached hydrogens (tertiary/aromatic N) is 4. The van der Waals surface area contributed by atoms with Crippen molar-refractivity contribution in [2.45, 2.75) is 232 Å². The summed E-state index contributed by atoms with van der Waals surface area (Å²) in [7, 11) is 7.22. The second kappa shape index (κ2) is 39.2. The molecule has 0 N–H and O–H groups in total. The Labute approximate surface area is 574 Å². The monoisotopic (exact) mass is 1300 g/mol. The van der Waals surface area contributed by atoms with Gasteiger partial charge in [0, 0.05) is 117 Å². The van der Waals surface area contributed by atoms with E-state index in [4.69, 9.17) is 57.8 Å². The number of aromatic nitrogens is 4. The van der Waals surface area contributed by atoms with Crippen LogP contribution in [0, 0.1) is 0 Å². The van der Waals surface area contributed by atoms with Gasteiger partial charge in [-0.15, -0.1) is 0 Å². The topological polar surface area (TPSA) is 125 Å². The summed E-state index contributed by atoms with van der Waals surface area (Å²) in [5.74, 6) is 5.07. The SMILES string of the molecule is CCCCCCCC1c2cc(c(OCc3ccccn3)cc2OC)C(CCCCCCC)c2cc(c(OCc3ccccn3)cc2OC)C(CCCCCCC)c2cc(c(OCc3ccccn3)cc2OC)C(CCCCCCC)c2cc1c(OCc1ccccn1)cc2OC. The van der Waals surface area contributed by atoms with Crippen LogP contribution >= 0.6 is 0 Å². The van der Waals surface area contributed by atoms with E-state index in [1.807, 2.05) is 97.6 Å². The molecule has 8 aromatic rings. The smallest absolute Gasteiger partial charge is 0.130 e. The minimum atomic E-state index is -0.222. The molecule has 9 rings (SSSR count). The summed E-state index contributed by atoms with van der Waals surface area (Å²) in [6, 6.07) is 42.4. The molecule has 1 aliphatic rings. The van der Waals surface area contributed by atoms with Gasteiger partial charge >= 0.3 is 0 Å². The summed E-state index contributed by atoms with van der Waals surface area (Å²) in [6.45, 7) is 10.2. The number of hydrogen-bond donors (Lipinski definition) is 0. The van der Waals surface area contributed by atoms with Crippen LogP contribution in [0.15, 0.2) is 146 Å². The second-order valence-electron chi connectivity index (χ2n) is 26.0.